The fourth-order valence-electron chi connectivity index (χ4n) is 0.969. The third kappa shape index (κ3) is 2.63. The van der Waals surface area contributed by atoms with Crippen molar-refractivity contribution < 1.29 is 28.5 Å². The molecule has 82 valence electrons. The van der Waals surface area contributed by atoms with Crippen molar-refractivity contribution in [3.8, 4) is 5.75 Å². The van der Waals surface area contributed by atoms with E-state index >= 15 is 0 Å². The Kier molecular flexibility index (Phi) is 3.56. The van der Waals surface area contributed by atoms with Crippen LogP contribution in [0.15, 0.2) is 12.1 Å². The highest BCUT2D eigenvalue weighted by Gasteiger charge is 2.15. The Morgan fingerprint density at radius 1 is 1.33 bits per heavy atom. The minimum Gasteiger partial charge on any atom is -0.485 e. The van der Waals surface area contributed by atoms with Gasteiger partial charge in [-0.3, -0.25) is 0 Å². The Morgan fingerprint density at radius 2 is 1.87 bits per heavy atom. The molecular formula is C9H8F2O4. The predicted molar refractivity (Wildman–Crippen MR) is 45.9 cm³/mol. The minimum atomic E-state index is -1.43. The van der Waals surface area contributed by atoms with Gasteiger partial charge in [0.25, 0.3) is 0 Å². The van der Waals surface area contributed by atoms with E-state index in [4.69, 9.17) is 10.2 Å². The third-order valence-corrected chi connectivity index (χ3v) is 1.58. The topological polar surface area (TPSA) is 66.8 Å². The van der Waals surface area contributed by atoms with E-state index in [9.17, 15) is 13.6 Å². The lowest BCUT2D eigenvalue weighted by molar-refractivity contribution is 0.0695. The molecule has 0 aliphatic heterocycles. The molecule has 4 nitrogen and oxygen atoms in total. The van der Waals surface area contributed by atoms with Crippen molar-refractivity contribution in [2.75, 3.05) is 13.2 Å². The van der Waals surface area contributed by atoms with Crippen LogP contribution in [0, 0.1) is 11.6 Å². The number of carbonyl (C=O) groups is 1. The van der Waals surface area contributed by atoms with Crippen molar-refractivity contribution in [2.24, 2.45) is 0 Å². The molecule has 0 spiro atoms. The van der Waals surface area contributed by atoms with Crippen LogP contribution in [0.4, 0.5) is 8.78 Å². The molecule has 0 bridgehead atoms. The first-order valence-electron chi connectivity index (χ1n) is 4.02. The van der Waals surface area contributed by atoms with Crippen molar-refractivity contribution in [1.29, 1.82) is 0 Å². The van der Waals surface area contributed by atoms with Gasteiger partial charge in [-0.1, -0.05) is 0 Å². The Bertz CT molecular complexity index is 355. The van der Waals surface area contributed by atoms with E-state index in [2.05, 4.69) is 4.74 Å². The van der Waals surface area contributed by atoms with Gasteiger partial charge in [-0.25, -0.2) is 13.6 Å². The van der Waals surface area contributed by atoms with E-state index in [0.29, 0.717) is 12.1 Å². The van der Waals surface area contributed by atoms with Gasteiger partial charge >= 0.3 is 5.97 Å². The number of ether oxygens (including phenoxy) is 1. The monoisotopic (exact) mass is 218 g/mol. The summed E-state index contributed by atoms with van der Waals surface area (Å²) in [6.07, 6.45) is 0. The zero-order valence-corrected chi connectivity index (χ0v) is 7.54. The highest BCUT2D eigenvalue weighted by atomic mass is 19.1. The predicted octanol–water partition coefficient (Wildman–Crippen LogP) is 1.03. The summed E-state index contributed by atoms with van der Waals surface area (Å²) in [6, 6.07) is 1.30. The summed E-state index contributed by atoms with van der Waals surface area (Å²) in [4.78, 5) is 10.4. The minimum absolute atomic E-state index is 0.264. The Labute approximate surface area is 83.7 Å². The molecule has 15 heavy (non-hydrogen) atoms. The van der Waals surface area contributed by atoms with Crippen LogP contribution >= 0.6 is 0 Å². The van der Waals surface area contributed by atoms with Crippen LogP contribution in [0.1, 0.15) is 10.4 Å². The summed E-state index contributed by atoms with van der Waals surface area (Å²) >= 11 is 0. The van der Waals surface area contributed by atoms with Gasteiger partial charge in [-0.05, 0) is 12.1 Å². The molecule has 1 aromatic rings. The lowest BCUT2D eigenvalue weighted by Gasteiger charge is -2.07. The molecule has 0 aliphatic carbocycles. The molecule has 0 saturated heterocycles. The van der Waals surface area contributed by atoms with Crippen molar-refractivity contribution in [3.05, 3.63) is 29.3 Å². The summed E-state index contributed by atoms with van der Waals surface area (Å²) in [5.74, 6) is -4.34. The van der Waals surface area contributed by atoms with E-state index < -0.39 is 28.9 Å². The van der Waals surface area contributed by atoms with Gasteiger partial charge in [0.15, 0.2) is 17.4 Å². The number of carboxylic acid groups (broad SMARTS) is 1. The van der Waals surface area contributed by atoms with Gasteiger partial charge in [-0.2, -0.15) is 0 Å². The first kappa shape index (κ1) is 11.4. The zero-order chi connectivity index (χ0) is 11.4. The molecule has 0 aliphatic rings. The lowest BCUT2D eigenvalue weighted by atomic mass is 10.2. The summed E-state index contributed by atoms with van der Waals surface area (Å²) in [7, 11) is 0. The molecule has 1 aromatic carbocycles. The average Bonchev–Trinajstić information content (AvgIpc) is 2.16. The normalized spacial score (nSPS) is 10.1. The second-order valence-electron chi connectivity index (χ2n) is 2.65. The van der Waals surface area contributed by atoms with Crippen molar-refractivity contribution in [3.63, 3.8) is 0 Å². The highest BCUT2D eigenvalue weighted by Crippen LogP contribution is 2.23. The number of benzene rings is 1. The molecule has 6 heteroatoms. The third-order valence-electron chi connectivity index (χ3n) is 1.58. The van der Waals surface area contributed by atoms with Crippen LogP contribution in [0.5, 0.6) is 5.75 Å². The van der Waals surface area contributed by atoms with Crippen molar-refractivity contribution >= 4 is 5.97 Å². The van der Waals surface area contributed by atoms with Gasteiger partial charge in [0.2, 0.25) is 0 Å². The van der Waals surface area contributed by atoms with E-state index in [0.717, 1.165) is 0 Å². The molecule has 0 saturated carbocycles. The maximum Gasteiger partial charge on any atom is 0.335 e. The summed E-state index contributed by atoms with van der Waals surface area (Å²) in [5, 5.41) is 16.9. The Balaban J connectivity index is 3.04. The van der Waals surface area contributed by atoms with Crippen LogP contribution in [0.25, 0.3) is 0 Å². The molecule has 1 rings (SSSR count). The molecule has 0 atom stereocenters. The number of halogens is 2. The van der Waals surface area contributed by atoms with Gasteiger partial charge in [0.05, 0.1) is 12.2 Å². The Morgan fingerprint density at radius 3 is 2.27 bits per heavy atom. The first-order chi connectivity index (χ1) is 7.06. The first-order valence-corrected chi connectivity index (χ1v) is 4.02. The standard InChI is InChI=1S/C9H8F2O4/c10-6-3-5(9(13)14)4-7(11)8(6)15-2-1-12/h3-4,12H,1-2H2,(H,13,14). The lowest BCUT2D eigenvalue weighted by Crippen LogP contribution is -2.07. The molecule has 2 N–H and O–H groups in total. The number of aromatic carboxylic acids is 1. The van der Waals surface area contributed by atoms with Crippen LogP contribution in [-0.2, 0) is 0 Å². The van der Waals surface area contributed by atoms with Crippen LogP contribution < -0.4 is 4.74 Å². The number of hydrogen-bond acceptors (Lipinski definition) is 3. The SMILES string of the molecule is O=C(O)c1cc(F)c(OCCO)c(F)c1. The smallest absolute Gasteiger partial charge is 0.335 e. The molecule has 0 unspecified atom stereocenters. The van der Waals surface area contributed by atoms with Crippen LogP contribution in [0.2, 0.25) is 0 Å². The Hall–Kier alpha value is -1.69. The summed E-state index contributed by atoms with van der Waals surface area (Å²) in [6.45, 7) is -0.653. The average molecular weight is 218 g/mol. The molecule has 0 radical (unpaired) electrons. The van der Waals surface area contributed by atoms with Gasteiger partial charge in [-0.15, -0.1) is 0 Å². The van der Waals surface area contributed by atoms with Gasteiger partial charge < -0.3 is 14.9 Å². The maximum atomic E-state index is 13.1. The molecule has 0 heterocycles. The van der Waals surface area contributed by atoms with E-state index in [1.165, 1.54) is 0 Å². The van der Waals surface area contributed by atoms with Crippen molar-refractivity contribution in [2.45, 2.75) is 0 Å². The number of rotatable bonds is 4. The van der Waals surface area contributed by atoms with E-state index in [1.54, 1.807) is 0 Å². The van der Waals surface area contributed by atoms with Crippen LogP contribution in [-0.4, -0.2) is 29.4 Å². The number of aliphatic hydroxyl groups is 1. The van der Waals surface area contributed by atoms with E-state index in [1.807, 2.05) is 0 Å². The second-order valence-corrected chi connectivity index (χ2v) is 2.65. The van der Waals surface area contributed by atoms with Gasteiger partial charge in [0, 0.05) is 0 Å². The van der Waals surface area contributed by atoms with Crippen molar-refractivity contribution in [1.82, 2.24) is 0 Å². The number of hydrogen-bond donors (Lipinski definition) is 2. The fraction of sp³-hybridized carbons (Fsp3) is 0.222. The number of carboxylic acids is 1. The van der Waals surface area contributed by atoms with E-state index in [-0.39, 0.29) is 13.2 Å². The zero-order valence-electron chi connectivity index (χ0n) is 7.54. The fourth-order valence-corrected chi connectivity index (χ4v) is 0.969. The molecule has 0 fully saturated rings. The van der Waals surface area contributed by atoms with Crippen LogP contribution in [0.3, 0.4) is 0 Å². The largest absolute Gasteiger partial charge is 0.485 e. The second kappa shape index (κ2) is 4.70. The quantitative estimate of drug-likeness (QED) is 0.792. The number of aliphatic hydroxyl groups excluding tert-OH is 1. The summed E-state index contributed by atoms with van der Waals surface area (Å²) < 4.78 is 30.7. The summed E-state index contributed by atoms with van der Waals surface area (Å²) in [5.41, 5.74) is -0.499. The molecule has 0 aromatic heterocycles. The van der Waals surface area contributed by atoms with Gasteiger partial charge in [0.1, 0.15) is 6.61 Å². The highest BCUT2D eigenvalue weighted by molar-refractivity contribution is 5.87. The molecule has 0 amide bonds. The maximum absolute atomic E-state index is 13.1. The molecular weight excluding hydrogens is 210 g/mol.